The number of aromatic nitrogens is 1. The lowest BCUT2D eigenvalue weighted by molar-refractivity contribution is -0.135. The smallest absolute Gasteiger partial charge is 0.313 e. The Labute approximate surface area is 116 Å². The van der Waals surface area contributed by atoms with E-state index in [0.29, 0.717) is 13.1 Å². The molecule has 0 fully saturated rings. The van der Waals surface area contributed by atoms with Crippen LogP contribution in [0.2, 0.25) is 0 Å². The zero-order chi connectivity index (χ0) is 14.6. The molecule has 1 heterocycles. The summed E-state index contributed by atoms with van der Waals surface area (Å²) in [6.45, 7) is 2.88. The van der Waals surface area contributed by atoms with Crippen LogP contribution in [0.4, 0.5) is 13.2 Å². The van der Waals surface area contributed by atoms with Gasteiger partial charge in [-0.1, -0.05) is 12.1 Å². The van der Waals surface area contributed by atoms with Gasteiger partial charge >= 0.3 is 6.18 Å². The Balaban J connectivity index is 1.86. The minimum Gasteiger partial charge on any atom is -0.313 e. The SMILES string of the molecule is Cc1ccc2cc(CNCCCC(F)(F)F)ccc2n1. The van der Waals surface area contributed by atoms with Gasteiger partial charge in [0.05, 0.1) is 5.52 Å². The van der Waals surface area contributed by atoms with Gasteiger partial charge in [-0.05, 0) is 43.7 Å². The molecular formula is C15H17F3N2. The normalized spacial score (nSPS) is 12.0. The highest BCUT2D eigenvalue weighted by Crippen LogP contribution is 2.20. The summed E-state index contributed by atoms with van der Waals surface area (Å²) in [5.41, 5.74) is 2.96. The Morgan fingerprint density at radius 3 is 2.70 bits per heavy atom. The molecule has 2 rings (SSSR count). The van der Waals surface area contributed by atoms with Crippen LogP contribution >= 0.6 is 0 Å². The molecular weight excluding hydrogens is 265 g/mol. The van der Waals surface area contributed by atoms with Crippen molar-refractivity contribution in [1.29, 1.82) is 0 Å². The van der Waals surface area contributed by atoms with Gasteiger partial charge in [-0.3, -0.25) is 4.98 Å². The van der Waals surface area contributed by atoms with E-state index < -0.39 is 12.6 Å². The van der Waals surface area contributed by atoms with Gasteiger partial charge in [-0.2, -0.15) is 13.2 Å². The van der Waals surface area contributed by atoms with Gasteiger partial charge < -0.3 is 5.32 Å². The number of rotatable bonds is 5. The summed E-state index contributed by atoms with van der Waals surface area (Å²) in [5, 5.41) is 4.08. The zero-order valence-corrected chi connectivity index (χ0v) is 11.3. The number of nitrogens with one attached hydrogen (secondary N) is 1. The summed E-state index contributed by atoms with van der Waals surface area (Å²) >= 11 is 0. The van der Waals surface area contributed by atoms with E-state index in [-0.39, 0.29) is 6.42 Å². The lowest BCUT2D eigenvalue weighted by atomic mass is 10.1. The van der Waals surface area contributed by atoms with E-state index in [1.807, 2.05) is 37.3 Å². The number of hydrogen-bond donors (Lipinski definition) is 1. The Kier molecular flexibility index (Phi) is 4.60. The average Bonchev–Trinajstić information content (AvgIpc) is 2.37. The second kappa shape index (κ2) is 6.22. The zero-order valence-electron chi connectivity index (χ0n) is 11.3. The third-order valence-corrected chi connectivity index (χ3v) is 3.04. The number of hydrogen-bond acceptors (Lipinski definition) is 2. The van der Waals surface area contributed by atoms with Crippen molar-refractivity contribution < 1.29 is 13.2 Å². The highest BCUT2D eigenvalue weighted by Gasteiger charge is 2.25. The lowest BCUT2D eigenvalue weighted by Gasteiger charge is -2.08. The molecule has 108 valence electrons. The standard InChI is InChI=1S/C15H17F3N2/c1-11-3-5-13-9-12(4-6-14(13)20-11)10-19-8-2-7-15(16,17)18/h3-6,9,19H,2,7-8,10H2,1H3. The minimum atomic E-state index is -4.06. The van der Waals surface area contributed by atoms with Crippen LogP contribution in [-0.2, 0) is 6.54 Å². The van der Waals surface area contributed by atoms with E-state index in [4.69, 9.17) is 0 Å². The molecule has 0 aliphatic carbocycles. The molecule has 0 amide bonds. The Bertz CT molecular complexity index is 579. The van der Waals surface area contributed by atoms with Gasteiger partial charge in [-0.15, -0.1) is 0 Å². The van der Waals surface area contributed by atoms with Gasteiger partial charge in [-0.25, -0.2) is 0 Å². The van der Waals surface area contributed by atoms with E-state index in [1.54, 1.807) is 0 Å². The van der Waals surface area contributed by atoms with Crippen molar-refractivity contribution >= 4 is 10.9 Å². The van der Waals surface area contributed by atoms with Gasteiger partial charge in [0, 0.05) is 24.0 Å². The number of halogens is 3. The monoisotopic (exact) mass is 282 g/mol. The van der Waals surface area contributed by atoms with Crippen LogP contribution in [0.25, 0.3) is 10.9 Å². The molecule has 0 spiro atoms. The van der Waals surface area contributed by atoms with Crippen LogP contribution in [0.3, 0.4) is 0 Å². The van der Waals surface area contributed by atoms with Gasteiger partial charge in [0.15, 0.2) is 0 Å². The van der Waals surface area contributed by atoms with Gasteiger partial charge in [0.25, 0.3) is 0 Å². The first-order valence-electron chi connectivity index (χ1n) is 6.58. The molecule has 0 aliphatic heterocycles. The second-order valence-electron chi connectivity index (χ2n) is 4.88. The first kappa shape index (κ1) is 14.8. The fraction of sp³-hybridized carbons (Fsp3) is 0.400. The number of alkyl halides is 3. The molecule has 0 bridgehead atoms. The summed E-state index contributed by atoms with van der Waals surface area (Å²) in [6, 6.07) is 9.85. The molecule has 0 unspecified atom stereocenters. The first-order chi connectivity index (χ1) is 9.44. The molecule has 1 N–H and O–H groups in total. The number of aryl methyl sites for hydroxylation is 1. The fourth-order valence-corrected chi connectivity index (χ4v) is 2.03. The van der Waals surface area contributed by atoms with E-state index in [1.165, 1.54) is 0 Å². The van der Waals surface area contributed by atoms with Crippen molar-refractivity contribution in [2.24, 2.45) is 0 Å². The van der Waals surface area contributed by atoms with Crippen molar-refractivity contribution in [3.63, 3.8) is 0 Å². The molecule has 0 atom stereocenters. The second-order valence-corrected chi connectivity index (χ2v) is 4.88. The lowest BCUT2D eigenvalue weighted by Crippen LogP contribution is -2.17. The summed E-state index contributed by atoms with van der Waals surface area (Å²) in [5.74, 6) is 0. The third kappa shape index (κ3) is 4.49. The summed E-state index contributed by atoms with van der Waals surface area (Å²) < 4.78 is 35.9. The molecule has 1 aromatic carbocycles. The fourth-order valence-electron chi connectivity index (χ4n) is 2.03. The minimum absolute atomic E-state index is 0.109. The van der Waals surface area contributed by atoms with E-state index in [9.17, 15) is 13.2 Å². The van der Waals surface area contributed by atoms with Crippen molar-refractivity contribution in [1.82, 2.24) is 10.3 Å². The summed E-state index contributed by atoms with van der Waals surface area (Å²) in [6.07, 6.45) is -4.69. The van der Waals surface area contributed by atoms with Crippen LogP contribution in [0.15, 0.2) is 30.3 Å². The number of nitrogens with zero attached hydrogens (tertiary/aromatic N) is 1. The molecule has 5 heteroatoms. The maximum atomic E-state index is 12.0. The topological polar surface area (TPSA) is 24.9 Å². The molecule has 20 heavy (non-hydrogen) atoms. The van der Waals surface area contributed by atoms with Crippen LogP contribution in [-0.4, -0.2) is 17.7 Å². The molecule has 1 aromatic heterocycles. The molecule has 0 aliphatic rings. The molecule has 2 aromatic rings. The molecule has 0 radical (unpaired) electrons. The summed E-state index contributed by atoms with van der Waals surface area (Å²) in [4.78, 5) is 4.41. The van der Waals surface area contributed by atoms with Crippen molar-refractivity contribution in [3.8, 4) is 0 Å². The predicted octanol–water partition coefficient (Wildman–Crippen LogP) is 3.98. The Morgan fingerprint density at radius 1 is 1.15 bits per heavy atom. The number of fused-ring (bicyclic) bond motifs is 1. The Morgan fingerprint density at radius 2 is 1.95 bits per heavy atom. The number of benzene rings is 1. The van der Waals surface area contributed by atoms with Crippen LogP contribution in [0.5, 0.6) is 0 Å². The molecule has 0 saturated heterocycles. The van der Waals surface area contributed by atoms with Crippen molar-refractivity contribution in [3.05, 3.63) is 41.6 Å². The molecule has 0 saturated carbocycles. The number of pyridine rings is 1. The maximum absolute atomic E-state index is 12.0. The van der Waals surface area contributed by atoms with Crippen LogP contribution < -0.4 is 5.32 Å². The predicted molar refractivity (Wildman–Crippen MR) is 73.5 cm³/mol. The largest absolute Gasteiger partial charge is 0.389 e. The van der Waals surface area contributed by atoms with Crippen LogP contribution in [0.1, 0.15) is 24.1 Å². The Hall–Kier alpha value is -1.62. The highest BCUT2D eigenvalue weighted by atomic mass is 19.4. The average molecular weight is 282 g/mol. The van der Waals surface area contributed by atoms with E-state index in [0.717, 1.165) is 22.2 Å². The highest BCUT2D eigenvalue weighted by molar-refractivity contribution is 5.79. The maximum Gasteiger partial charge on any atom is 0.389 e. The molecule has 2 nitrogen and oxygen atoms in total. The quantitative estimate of drug-likeness (QED) is 0.839. The first-order valence-corrected chi connectivity index (χ1v) is 6.58. The van der Waals surface area contributed by atoms with Crippen LogP contribution in [0, 0.1) is 6.92 Å². The van der Waals surface area contributed by atoms with Crippen molar-refractivity contribution in [2.45, 2.75) is 32.5 Å². The van der Waals surface area contributed by atoms with E-state index >= 15 is 0 Å². The van der Waals surface area contributed by atoms with E-state index in [2.05, 4.69) is 10.3 Å². The van der Waals surface area contributed by atoms with Crippen molar-refractivity contribution in [2.75, 3.05) is 6.54 Å². The summed E-state index contributed by atoms with van der Waals surface area (Å²) in [7, 11) is 0. The third-order valence-electron chi connectivity index (χ3n) is 3.04. The van der Waals surface area contributed by atoms with Gasteiger partial charge in [0.2, 0.25) is 0 Å². The van der Waals surface area contributed by atoms with Gasteiger partial charge in [0.1, 0.15) is 0 Å².